The molecule has 0 amide bonds. The van der Waals surface area contributed by atoms with E-state index in [4.69, 9.17) is 9.15 Å². The second-order valence-corrected chi connectivity index (χ2v) is 6.24. The summed E-state index contributed by atoms with van der Waals surface area (Å²) in [5, 5.41) is 6.88. The molecule has 2 N–H and O–H groups in total. The Bertz CT molecular complexity index is 481. The van der Waals surface area contributed by atoms with Crippen molar-refractivity contribution < 1.29 is 9.15 Å². The maximum atomic E-state index is 5.82. The number of hydrogen-bond donors (Lipinski definition) is 2. The van der Waals surface area contributed by atoms with Crippen molar-refractivity contribution in [1.82, 2.24) is 10.6 Å². The fourth-order valence-electron chi connectivity index (χ4n) is 3.54. The number of hydrogen-bond acceptors (Lipinski definition) is 3. The molecule has 2 aliphatic rings. The van der Waals surface area contributed by atoms with Crippen LogP contribution in [0.5, 0.6) is 0 Å². The van der Waals surface area contributed by atoms with Crippen LogP contribution in [-0.4, -0.2) is 31.8 Å². The molecule has 0 spiro atoms. The van der Waals surface area contributed by atoms with E-state index in [0.29, 0.717) is 24.6 Å². The fraction of sp³-hybridized carbons (Fsp3) is 0.667. The smallest absolute Gasteiger partial charge is 0.191 e. The Balaban J connectivity index is 1.58. The Kier molecular flexibility index (Phi) is 3.46. The van der Waals surface area contributed by atoms with Crippen molar-refractivity contribution in [1.29, 1.82) is 0 Å². The Labute approximate surface area is 119 Å². The minimum atomic E-state index is 0.161. The molecule has 1 aromatic rings. The van der Waals surface area contributed by atoms with Gasteiger partial charge >= 0.3 is 0 Å². The minimum Gasteiger partial charge on any atom is -0.472 e. The number of aliphatic imine (C=N–C) groups is 1. The summed E-state index contributed by atoms with van der Waals surface area (Å²) in [7, 11) is 1.80. The number of guanidine groups is 1. The molecule has 0 radical (unpaired) electrons. The number of fused-ring (bicyclic) bond motifs is 1. The highest BCUT2D eigenvalue weighted by Crippen LogP contribution is 2.52. The fourth-order valence-corrected chi connectivity index (χ4v) is 3.54. The van der Waals surface area contributed by atoms with Crippen LogP contribution in [0.1, 0.15) is 25.8 Å². The van der Waals surface area contributed by atoms with Crippen molar-refractivity contribution in [3.63, 3.8) is 0 Å². The van der Waals surface area contributed by atoms with Crippen LogP contribution in [0.15, 0.2) is 28.0 Å². The lowest BCUT2D eigenvalue weighted by atomic mass is 9.57. The minimum absolute atomic E-state index is 0.161. The topological polar surface area (TPSA) is 58.8 Å². The van der Waals surface area contributed by atoms with E-state index in [1.807, 2.05) is 6.07 Å². The number of ether oxygens (including phenoxy) is 1. The maximum absolute atomic E-state index is 5.82. The summed E-state index contributed by atoms with van der Waals surface area (Å²) >= 11 is 0. The van der Waals surface area contributed by atoms with Crippen LogP contribution in [0.3, 0.4) is 0 Å². The van der Waals surface area contributed by atoms with Gasteiger partial charge in [0.05, 0.1) is 18.6 Å². The number of nitrogens with zero attached hydrogens (tertiary/aromatic N) is 1. The summed E-state index contributed by atoms with van der Waals surface area (Å²) in [4.78, 5) is 4.31. The Morgan fingerprint density at radius 2 is 2.35 bits per heavy atom. The predicted molar refractivity (Wildman–Crippen MR) is 77.5 cm³/mol. The molecule has 5 heteroatoms. The molecule has 5 nitrogen and oxygen atoms in total. The van der Waals surface area contributed by atoms with Crippen LogP contribution >= 0.6 is 0 Å². The van der Waals surface area contributed by atoms with Gasteiger partial charge < -0.3 is 19.8 Å². The molecule has 2 fully saturated rings. The van der Waals surface area contributed by atoms with E-state index in [2.05, 4.69) is 29.5 Å². The summed E-state index contributed by atoms with van der Waals surface area (Å²) in [6.45, 7) is 6.13. The van der Waals surface area contributed by atoms with E-state index in [1.165, 1.54) is 0 Å². The van der Waals surface area contributed by atoms with Gasteiger partial charge in [-0.3, -0.25) is 4.99 Å². The van der Waals surface area contributed by atoms with Crippen molar-refractivity contribution in [3.8, 4) is 0 Å². The molecular formula is C15H23N3O2. The molecule has 3 atom stereocenters. The second-order valence-electron chi connectivity index (χ2n) is 6.24. The SMILES string of the molecule is CN=C(NCc1ccoc1)NC1C2CCOC2C1(C)C. The lowest BCUT2D eigenvalue weighted by molar-refractivity contribution is -0.106. The average molecular weight is 277 g/mol. The van der Waals surface area contributed by atoms with Crippen molar-refractivity contribution >= 4 is 5.96 Å². The van der Waals surface area contributed by atoms with Crippen LogP contribution < -0.4 is 10.6 Å². The van der Waals surface area contributed by atoms with Crippen molar-refractivity contribution in [3.05, 3.63) is 24.2 Å². The Morgan fingerprint density at radius 3 is 3.05 bits per heavy atom. The number of rotatable bonds is 3. The summed E-state index contributed by atoms with van der Waals surface area (Å²) in [5.41, 5.74) is 1.27. The molecule has 3 rings (SSSR count). The lowest BCUT2D eigenvalue weighted by Gasteiger charge is -2.54. The monoisotopic (exact) mass is 277 g/mol. The Morgan fingerprint density at radius 1 is 1.50 bits per heavy atom. The normalized spacial score (nSPS) is 31.6. The highest BCUT2D eigenvalue weighted by Gasteiger charge is 2.59. The molecule has 110 valence electrons. The van der Waals surface area contributed by atoms with Gasteiger partial charge in [-0.2, -0.15) is 0 Å². The molecule has 1 saturated heterocycles. The zero-order valence-corrected chi connectivity index (χ0v) is 12.3. The van der Waals surface area contributed by atoms with Gasteiger partial charge in [-0.05, 0) is 12.5 Å². The third kappa shape index (κ3) is 2.20. The average Bonchev–Trinajstić information content (AvgIpc) is 3.08. The summed E-state index contributed by atoms with van der Waals surface area (Å²) in [6, 6.07) is 2.37. The summed E-state index contributed by atoms with van der Waals surface area (Å²) < 4.78 is 10.9. The Hall–Kier alpha value is -1.49. The third-order valence-corrected chi connectivity index (χ3v) is 4.66. The lowest BCUT2D eigenvalue weighted by Crippen LogP contribution is -2.67. The van der Waals surface area contributed by atoms with Crippen LogP contribution in [0.4, 0.5) is 0 Å². The van der Waals surface area contributed by atoms with Gasteiger partial charge in [0.25, 0.3) is 0 Å². The van der Waals surface area contributed by atoms with Crippen molar-refractivity contribution in [2.75, 3.05) is 13.7 Å². The van der Waals surface area contributed by atoms with Crippen molar-refractivity contribution in [2.45, 2.75) is 39.0 Å². The zero-order valence-electron chi connectivity index (χ0n) is 12.3. The van der Waals surface area contributed by atoms with Crippen LogP contribution in [0.2, 0.25) is 0 Å². The van der Waals surface area contributed by atoms with Gasteiger partial charge in [0.2, 0.25) is 0 Å². The van der Waals surface area contributed by atoms with E-state index in [0.717, 1.165) is 24.6 Å². The van der Waals surface area contributed by atoms with Gasteiger partial charge in [0.1, 0.15) is 0 Å². The molecule has 1 saturated carbocycles. The summed E-state index contributed by atoms with van der Waals surface area (Å²) in [6.07, 6.45) is 4.97. The highest BCUT2D eigenvalue weighted by molar-refractivity contribution is 5.80. The first-order chi connectivity index (χ1) is 9.63. The zero-order chi connectivity index (χ0) is 14.2. The first-order valence-electron chi connectivity index (χ1n) is 7.23. The number of nitrogens with one attached hydrogen (secondary N) is 2. The second kappa shape index (κ2) is 5.13. The molecule has 1 aromatic heterocycles. The molecule has 1 aliphatic heterocycles. The highest BCUT2D eigenvalue weighted by atomic mass is 16.5. The summed E-state index contributed by atoms with van der Waals surface area (Å²) in [5.74, 6) is 1.45. The molecule has 0 aromatic carbocycles. The molecule has 3 unspecified atom stereocenters. The largest absolute Gasteiger partial charge is 0.472 e. The van der Waals surface area contributed by atoms with Gasteiger partial charge in [-0.25, -0.2) is 0 Å². The van der Waals surface area contributed by atoms with E-state index in [1.54, 1.807) is 19.6 Å². The van der Waals surface area contributed by atoms with Gasteiger partial charge in [-0.1, -0.05) is 13.8 Å². The van der Waals surface area contributed by atoms with E-state index < -0.39 is 0 Å². The number of furan rings is 1. The van der Waals surface area contributed by atoms with Gasteiger partial charge in [0, 0.05) is 43.1 Å². The quantitative estimate of drug-likeness (QED) is 0.653. The van der Waals surface area contributed by atoms with Crippen molar-refractivity contribution in [2.24, 2.45) is 16.3 Å². The van der Waals surface area contributed by atoms with Gasteiger partial charge in [-0.15, -0.1) is 0 Å². The molecule has 20 heavy (non-hydrogen) atoms. The maximum Gasteiger partial charge on any atom is 0.191 e. The molecule has 0 bridgehead atoms. The molecule has 2 heterocycles. The van der Waals surface area contributed by atoms with Gasteiger partial charge in [0.15, 0.2) is 5.96 Å². The van der Waals surface area contributed by atoms with Crippen LogP contribution in [-0.2, 0) is 11.3 Å². The van der Waals surface area contributed by atoms with E-state index in [-0.39, 0.29) is 5.41 Å². The van der Waals surface area contributed by atoms with E-state index in [9.17, 15) is 0 Å². The predicted octanol–water partition coefficient (Wildman–Crippen LogP) is 1.76. The molecule has 1 aliphatic carbocycles. The third-order valence-electron chi connectivity index (χ3n) is 4.66. The van der Waals surface area contributed by atoms with Crippen LogP contribution in [0, 0.1) is 11.3 Å². The first kappa shape index (κ1) is 13.5. The first-order valence-corrected chi connectivity index (χ1v) is 7.23. The van der Waals surface area contributed by atoms with Crippen LogP contribution in [0.25, 0.3) is 0 Å². The van der Waals surface area contributed by atoms with E-state index >= 15 is 0 Å². The standard InChI is InChI=1S/C15H23N3O2/c1-15(2)12(11-5-7-20-13(11)15)18-14(16-3)17-8-10-4-6-19-9-10/h4,6,9,11-13H,5,7-8H2,1-3H3,(H2,16,17,18). The molecular weight excluding hydrogens is 254 g/mol.